The number of rotatable bonds is 6. The highest BCUT2D eigenvalue weighted by Crippen LogP contribution is 2.36. The summed E-state index contributed by atoms with van der Waals surface area (Å²) < 4.78 is 39.5. The summed E-state index contributed by atoms with van der Waals surface area (Å²) in [6.45, 7) is 0. The third kappa shape index (κ3) is 6.66. The summed E-state index contributed by atoms with van der Waals surface area (Å²) in [4.78, 5) is 25.2. The van der Waals surface area contributed by atoms with Crippen LogP contribution in [0.2, 0.25) is 10.0 Å². The van der Waals surface area contributed by atoms with E-state index in [-0.39, 0.29) is 22.4 Å². The second kappa shape index (κ2) is 10.3. The van der Waals surface area contributed by atoms with E-state index in [2.05, 4.69) is 10.6 Å². The van der Waals surface area contributed by atoms with E-state index in [4.69, 9.17) is 23.2 Å². The molecule has 0 spiro atoms. The highest BCUT2D eigenvalue weighted by molar-refractivity contribution is 8.00. The maximum Gasteiger partial charge on any atom is 0.418 e. The van der Waals surface area contributed by atoms with Crippen molar-refractivity contribution in [1.29, 1.82) is 0 Å². The normalized spacial score (nSPS) is 11.2. The van der Waals surface area contributed by atoms with Gasteiger partial charge in [-0.05, 0) is 54.6 Å². The predicted molar refractivity (Wildman–Crippen MR) is 122 cm³/mol. The van der Waals surface area contributed by atoms with Crippen LogP contribution in [-0.4, -0.2) is 17.6 Å². The summed E-state index contributed by atoms with van der Waals surface area (Å²) in [5, 5.41) is 5.35. The van der Waals surface area contributed by atoms with Crippen LogP contribution in [0.15, 0.2) is 71.6 Å². The molecule has 0 saturated carbocycles. The van der Waals surface area contributed by atoms with E-state index >= 15 is 0 Å². The number of hydrogen-bond donors (Lipinski definition) is 2. The zero-order valence-electron chi connectivity index (χ0n) is 16.2. The van der Waals surface area contributed by atoms with E-state index in [1.54, 1.807) is 42.5 Å². The van der Waals surface area contributed by atoms with Crippen molar-refractivity contribution in [3.05, 3.63) is 87.9 Å². The van der Waals surface area contributed by atoms with E-state index in [1.807, 2.05) is 0 Å². The van der Waals surface area contributed by atoms with Crippen molar-refractivity contribution in [2.24, 2.45) is 0 Å². The minimum atomic E-state index is -4.66. The molecular weight excluding hydrogens is 484 g/mol. The van der Waals surface area contributed by atoms with Gasteiger partial charge in [-0.1, -0.05) is 35.3 Å². The second-order valence-electron chi connectivity index (χ2n) is 6.52. The van der Waals surface area contributed by atoms with Crippen molar-refractivity contribution in [3.63, 3.8) is 0 Å². The van der Waals surface area contributed by atoms with Gasteiger partial charge in [0.05, 0.1) is 17.0 Å². The second-order valence-corrected chi connectivity index (χ2v) is 8.44. The topological polar surface area (TPSA) is 58.2 Å². The first kappa shape index (κ1) is 24.0. The molecule has 0 aliphatic heterocycles. The number of thioether (sulfide) groups is 1. The first-order valence-electron chi connectivity index (χ1n) is 9.08. The molecule has 0 bridgehead atoms. The molecule has 0 aromatic heterocycles. The molecule has 0 unspecified atom stereocenters. The van der Waals surface area contributed by atoms with Gasteiger partial charge in [-0.2, -0.15) is 13.2 Å². The molecule has 10 heteroatoms. The summed E-state index contributed by atoms with van der Waals surface area (Å²) in [6.07, 6.45) is -4.66. The smallest absolute Gasteiger partial charge is 0.325 e. The van der Waals surface area contributed by atoms with Crippen LogP contribution >= 0.6 is 35.0 Å². The number of carbonyl (C=O) groups excluding carboxylic acids is 2. The highest BCUT2D eigenvalue weighted by Gasteiger charge is 2.34. The van der Waals surface area contributed by atoms with Crippen LogP contribution < -0.4 is 10.6 Å². The lowest BCUT2D eigenvalue weighted by molar-refractivity contribution is -0.137. The monoisotopic (exact) mass is 498 g/mol. The molecule has 32 heavy (non-hydrogen) atoms. The fraction of sp³-hybridized carbons (Fsp3) is 0.0909. The average molecular weight is 499 g/mol. The van der Waals surface area contributed by atoms with Gasteiger partial charge in [0.25, 0.3) is 5.91 Å². The Balaban J connectivity index is 1.62. The summed E-state index contributed by atoms with van der Waals surface area (Å²) in [5.41, 5.74) is -0.500. The minimum Gasteiger partial charge on any atom is -0.325 e. The molecule has 0 atom stereocenters. The quantitative estimate of drug-likeness (QED) is 0.360. The van der Waals surface area contributed by atoms with Crippen LogP contribution in [0, 0.1) is 0 Å². The molecule has 0 saturated heterocycles. The van der Waals surface area contributed by atoms with E-state index in [0.717, 1.165) is 23.9 Å². The third-order valence-corrected chi connectivity index (χ3v) is 5.57. The highest BCUT2D eigenvalue weighted by atomic mass is 35.5. The van der Waals surface area contributed by atoms with Crippen molar-refractivity contribution in [2.45, 2.75) is 11.1 Å². The third-order valence-electron chi connectivity index (χ3n) is 4.11. The van der Waals surface area contributed by atoms with E-state index in [9.17, 15) is 22.8 Å². The van der Waals surface area contributed by atoms with Gasteiger partial charge in [-0.15, -0.1) is 11.8 Å². The molecule has 2 N–H and O–H groups in total. The van der Waals surface area contributed by atoms with Gasteiger partial charge in [-0.3, -0.25) is 9.59 Å². The molecule has 0 heterocycles. The Morgan fingerprint density at radius 3 is 2.31 bits per heavy atom. The number of halogens is 5. The largest absolute Gasteiger partial charge is 0.418 e. The van der Waals surface area contributed by atoms with Crippen LogP contribution in [0.1, 0.15) is 15.9 Å². The lowest BCUT2D eigenvalue weighted by Crippen LogP contribution is -2.18. The zero-order chi connectivity index (χ0) is 23.3. The Kier molecular flexibility index (Phi) is 7.71. The summed E-state index contributed by atoms with van der Waals surface area (Å²) in [7, 11) is 0. The van der Waals surface area contributed by atoms with E-state index in [1.165, 1.54) is 12.1 Å². The van der Waals surface area contributed by atoms with Gasteiger partial charge >= 0.3 is 6.18 Å². The van der Waals surface area contributed by atoms with Gasteiger partial charge in [0.15, 0.2) is 0 Å². The van der Waals surface area contributed by atoms with Gasteiger partial charge in [0.2, 0.25) is 5.91 Å². The van der Waals surface area contributed by atoms with E-state index < -0.39 is 17.6 Å². The Labute approximate surface area is 196 Å². The van der Waals surface area contributed by atoms with Crippen LogP contribution in [0.4, 0.5) is 24.5 Å². The lowest BCUT2D eigenvalue weighted by atomic mass is 10.1. The Morgan fingerprint density at radius 2 is 1.59 bits per heavy atom. The van der Waals surface area contributed by atoms with Crippen molar-refractivity contribution in [2.75, 3.05) is 16.4 Å². The molecule has 2 amide bonds. The molecule has 4 nitrogen and oxygen atoms in total. The number of amides is 2. The minimum absolute atomic E-state index is 0.0821. The Morgan fingerprint density at radius 1 is 0.875 bits per heavy atom. The van der Waals surface area contributed by atoms with Crippen molar-refractivity contribution < 1.29 is 22.8 Å². The molecule has 0 fully saturated rings. The number of nitrogens with one attached hydrogen (secondary N) is 2. The molecular formula is C22H15Cl2F3N2O2S. The van der Waals surface area contributed by atoms with Gasteiger partial charge in [0, 0.05) is 26.2 Å². The summed E-state index contributed by atoms with van der Waals surface area (Å²) >= 11 is 12.7. The number of carbonyl (C=O) groups is 2. The lowest BCUT2D eigenvalue weighted by Gasteiger charge is -2.14. The van der Waals surface area contributed by atoms with Crippen LogP contribution in [0.5, 0.6) is 0 Å². The SMILES string of the molecule is O=C(CSc1cccc(NC(=O)c2cccc(Cl)c2)c1)Nc1ccc(Cl)cc1C(F)(F)F. The Hall–Kier alpha value is -2.68. The molecule has 0 aliphatic rings. The predicted octanol–water partition coefficient (Wildman–Crippen LogP) is 7.00. The number of anilines is 2. The standard InChI is InChI=1S/C22H15Cl2F3N2O2S/c23-14-4-1-3-13(9-14)21(31)28-16-5-2-6-17(11-16)32-12-20(30)29-19-8-7-15(24)10-18(19)22(25,26)27/h1-11H,12H2,(H,28,31)(H,29,30). The fourth-order valence-corrected chi connectivity index (χ4v) is 3.81. The van der Waals surface area contributed by atoms with Crippen molar-refractivity contribution in [1.82, 2.24) is 0 Å². The van der Waals surface area contributed by atoms with Gasteiger partial charge in [-0.25, -0.2) is 0 Å². The number of hydrogen-bond acceptors (Lipinski definition) is 3. The van der Waals surface area contributed by atoms with Gasteiger partial charge < -0.3 is 10.6 Å². The molecule has 0 radical (unpaired) electrons. The molecule has 3 aromatic rings. The zero-order valence-corrected chi connectivity index (χ0v) is 18.5. The van der Waals surface area contributed by atoms with Crippen molar-refractivity contribution in [3.8, 4) is 0 Å². The maximum absolute atomic E-state index is 13.2. The average Bonchev–Trinajstić information content (AvgIpc) is 2.73. The summed E-state index contributed by atoms with van der Waals surface area (Å²) in [5.74, 6) is -1.10. The van der Waals surface area contributed by atoms with E-state index in [0.29, 0.717) is 21.2 Å². The molecule has 166 valence electrons. The number of alkyl halides is 3. The number of benzene rings is 3. The van der Waals surface area contributed by atoms with Crippen LogP contribution in [0.25, 0.3) is 0 Å². The summed E-state index contributed by atoms with van der Waals surface area (Å²) in [6, 6.07) is 16.4. The maximum atomic E-state index is 13.2. The Bertz CT molecular complexity index is 1160. The first-order chi connectivity index (χ1) is 15.1. The van der Waals surface area contributed by atoms with Crippen LogP contribution in [-0.2, 0) is 11.0 Å². The first-order valence-corrected chi connectivity index (χ1v) is 10.8. The molecule has 3 rings (SSSR count). The van der Waals surface area contributed by atoms with Crippen molar-refractivity contribution >= 4 is 58.2 Å². The van der Waals surface area contributed by atoms with Gasteiger partial charge in [0.1, 0.15) is 0 Å². The molecule has 3 aromatic carbocycles. The molecule has 0 aliphatic carbocycles. The van der Waals surface area contributed by atoms with Crippen LogP contribution in [0.3, 0.4) is 0 Å². The fourth-order valence-electron chi connectivity index (χ4n) is 2.69.